The van der Waals surface area contributed by atoms with Gasteiger partial charge < -0.3 is 9.47 Å². The van der Waals surface area contributed by atoms with Crippen LogP contribution in [0.4, 0.5) is 0 Å². The summed E-state index contributed by atoms with van der Waals surface area (Å²) in [6.07, 6.45) is -0.234. The van der Waals surface area contributed by atoms with Crippen LogP contribution < -0.4 is 4.74 Å². The number of rotatable bonds is 3. The summed E-state index contributed by atoms with van der Waals surface area (Å²) in [5.41, 5.74) is 0.930. The fourth-order valence-electron chi connectivity index (χ4n) is 1.21. The van der Waals surface area contributed by atoms with Crippen molar-refractivity contribution >= 4 is 5.97 Å². The highest BCUT2D eigenvalue weighted by Crippen LogP contribution is 2.21. The van der Waals surface area contributed by atoms with Gasteiger partial charge in [-0.2, -0.15) is 0 Å². The molecule has 0 bridgehead atoms. The summed E-state index contributed by atoms with van der Waals surface area (Å²) in [7, 11) is 1.61. The first-order valence-electron chi connectivity index (χ1n) is 4.44. The van der Waals surface area contributed by atoms with Gasteiger partial charge in [-0.3, -0.25) is 4.79 Å². The molecule has 0 aliphatic rings. The number of ether oxygens (including phenoxy) is 2. The Morgan fingerprint density at radius 3 is 2.71 bits per heavy atom. The lowest BCUT2D eigenvalue weighted by Gasteiger charge is -2.12. The average molecular weight is 194 g/mol. The summed E-state index contributed by atoms with van der Waals surface area (Å²) in [5, 5.41) is 0. The summed E-state index contributed by atoms with van der Waals surface area (Å²) in [6, 6.07) is 7.47. The quantitative estimate of drug-likeness (QED) is 0.693. The van der Waals surface area contributed by atoms with E-state index < -0.39 is 0 Å². The number of hydrogen-bond acceptors (Lipinski definition) is 3. The Hall–Kier alpha value is -1.51. The molecule has 1 aromatic rings. The molecule has 0 unspecified atom stereocenters. The van der Waals surface area contributed by atoms with Crippen LogP contribution >= 0.6 is 0 Å². The van der Waals surface area contributed by atoms with Crippen LogP contribution in [0.3, 0.4) is 0 Å². The molecule has 3 nitrogen and oxygen atoms in total. The lowest BCUT2D eigenvalue weighted by Crippen LogP contribution is -2.04. The third-order valence-electron chi connectivity index (χ3n) is 1.91. The fraction of sp³-hybridized carbons (Fsp3) is 0.364. The predicted molar refractivity (Wildman–Crippen MR) is 53.2 cm³/mol. The zero-order chi connectivity index (χ0) is 10.6. The molecule has 1 atom stereocenters. The van der Waals surface area contributed by atoms with Crippen LogP contribution in [0.25, 0.3) is 0 Å². The largest absolute Gasteiger partial charge is 0.497 e. The molecule has 76 valence electrons. The molecule has 0 N–H and O–H groups in total. The number of hydrogen-bond donors (Lipinski definition) is 0. The minimum absolute atomic E-state index is 0.234. The molecule has 14 heavy (non-hydrogen) atoms. The molecule has 0 heterocycles. The molecule has 0 amide bonds. The molecule has 0 spiro atoms. The number of esters is 1. The first-order valence-corrected chi connectivity index (χ1v) is 4.44. The second-order valence-electron chi connectivity index (χ2n) is 3.03. The highest BCUT2D eigenvalue weighted by molar-refractivity contribution is 5.66. The fourth-order valence-corrected chi connectivity index (χ4v) is 1.21. The van der Waals surface area contributed by atoms with Gasteiger partial charge in [0, 0.05) is 6.92 Å². The van der Waals surface area contributed by atoms with Crippen LogP contribution in [-0.4, -0.2) is 13.1 Å². The number of benzene rings is 1. The van der Waals surface area contributed by atoms with Gasteiger partial charge in [0.05, 0.1) is 7.11 Å². The Morgan fingerprint density at radius 1 is 1.43 bits per heavy atom. The van der Waals surface area contributed by atoms with Crippen molar-refractivity contribution in [3.8, 4) is 5.75 Å². The second kappa shape index (κ2) is 4.65. The first-order chi connectivity index (χ1) is 6.63. The lowest BCUT2D eigenvalue weighted by atomic mass is 10.1. The third-order valence-corrected chi connectivity index (χ3v) is 1.91. The zero-order valence-electron chi connectivity index (χ0n) is 8.61. The SMILES string of the molecule is COc1cccc([C@@H](C)OC(C)=O)c1. The van der Waals surface area contributed by atoms with E-state index in [1.807, 2.05) is 31.2 Å². The summed E-state index contributed by atoms with van der Waals surface area (Å²) in [6.45, 7) is 3.23. The van der Waals surface area contributed by atoms with Crippen molar-refractivity contribution in [3.05, 3.63) is 29.8 Å². The maximum absolute atomic E-state index is 10.7. The van der Waals surface area contributed by atoms with E-state index >= 15 is 0 Å². The molecule has 0 fully saturated rings. The van der Waals surface area contributed by atoms with Gasteiger partial charge in [0.15, 0.2) is 0 Å². The van der Waals surface area contributed by atoms with E-state index in [2.05, 4.69) is 0 Å². The van der Waals surface area contributed by atoms with E-state index in [1.54, 1.807) is 7.11 Å². The first kappa shape index (κ1) is 10.6. The van der Waals surface area contributed by atoms with Crippen LogP contribution in [-0.2, 0) is 9.53 Å². The number of carbonyl (C=O) groups is 1. The highest BCUT2D eigenvalue weighted by Gasteiger charge is 2.08. The Kier molecular flexibility index (Phi) is 3.51. The summed E-state index contributed by atoms with van der Waals surface area (Å²) >= 11 is 0. The van der Waals surface area contributed by atoms with Crippen molar-refractivity contribution in [1.82, 2.24) is 0 Å². The smallest absolute Gasteiger partial charge is 0.303 e. The van der Waals surface area contributed by atoms with Gasteiger partial charge in [-0.25, -0.2) is 0 Å². The third kappa shape index (κ3) is 2.76. The molecule has 0 radical (unpaired) electrons. The molecule has 1 aromatic carbocycles. The second-order valence-corrected chi connectivity index (χ2v) is 3.03. The van der Waals surface area contributed by atoms with Crippen molar-refractivity contribution in [3.63, 3.8) is 0 Å². The minimum atomic E-state index is -0.277. The number of methoxy groups -OCH3 is 1. The Balaban J connectivity index is 2.78. The topological polar surface area (TPSA) is 35.5 Å². The maximum atomic E-state index is 10.7. The van der Waals surface area contributed by atoms with Gasteiger partial charge >= 0.3 is 5.97 Å². The Labute approximate surface area is 83.6 Å². The molecular weight excluding hydrogens is 180 g/mol. The van der Waals surface area contributed by atoms with E-state index in [-0.39, 0.29) is 12.1 Å². The van der Waals surface area contributed by atoms with Gasteiger partial charge in [-0.05, 0) is 24.6 Å². The molecule has 0 aliphatic carbocycles. The van der Waals surface area contributed by atoms with Gasteiger partial charge in [-0.15, -0.1) is 0 Å². The normalized spacial score (nSPS) is 11.9. The molecule has 0 aromatic heterocycles. The predicted octanol–water partition coefficient (Wildman–Crippen LogP) is 2.32. The van der Waals surface area contributed by atoms with Crippen LogP contribution in [0.5, 0.6) is 5.75 Å². The monoisotopic (exact) mass is 194 g/mol. The summed E-state index contributed by atoms with van der Waals surface area (Å²) in [4.78, 5) is 10.7. The van der Waals surface area contributed by atoms with Crippen molar-refractivity contribution in [1.29, 1.82) is 0 Å². The van der Waals surface area contributed by atoms with Crippen LogP contribution in [0.15, 0.2) is 24.3 Å². The summed E-state index contributed by atoms with van der Waals surface area (Å²) in [5.74, 6) is 0.488. The highest BCUT2D eigenvalue weighted by atomic mass is 16.5. The van der Waals surface area contributed by atoms with Crippen molar-refractivity contribution < 1.29 is 14.3 Å². The average Bonchev–Trinajstić information content (AvgIpc) is 2.17. The van der Waals surface area contributed by atoms with Crippen LogP contribution in [0, 0.1) is 0 Å². The standard InChI is InChI=1S/C11H14O3/c1-8(14-9(2)12)10-5-4-6-11(7-10)13-3/h4-8H,1-3H3/t8-/m1/s1. The van der Waals surface area contributed by atoms with E-state index in [1.165, 1.54) is 6.92 Å². The number of carbonyl (C=O) groups excluding carboxylic acids is 1. The van der Waals surface area contributed by atoms with E-state index in [9.17, 15) is 4.79 Å². The van der Waals surface area contributed by atoms with Crippen molar-refractivity contribution in [2.24, 2.45) is 0 Å². The van der Waals surface area contributed by atoms with E-state index in [0.29, 0.717) is 0 Å². The Bertz CT molecular complexity index is 320. The van der Waals surface area contributed by atoms with Crippen LogP contribution in [0.2, 0.25) is 0 Å². The van der Waals surface area contributed by atoms with Crippen molar-refractivity contribution in [2.75, 3.05) is 7.11 Å². The zero-order valence-corrected chi connectivity index (χ0v) is 8.61. The van der Waals surface area contributed by atoms with Gasteiger partial charge in [0.25, 0.3) is 0 Å². The molecule has 3 heteroatoms. The van der Waals surface area contributed by atoms with E-state index in [4.69, 9.17) is 9.47 Å². The van der Waals surface area contributed by atoms with Gasteiger partial charge in [0.1, 0.15) is 11.9 Å². The van der Waals surface area contributed by atoms with Gasteiger partial charge in [-0.1, -0.05) is 12.1 Å². The Morgan fingerprint density at radius 2 is 2.14 bits per heavy atom. The molecule has 0 saturated carbocycles. The summed E-state index contributed by atoms with van der Waals surface area (Å²) < 4.78 is 10.1. The maximum Gasteiger partial charge on any atom is 0.303 e. The van der Waals surface area contributed by atoms with E-state index in [0.717, 1.165) is 11.3 Å². The molecule has 0 saturated heterocycles. The molecule has 0 aliphatic heterocycles. The van der Waals surface area contributed by atoms with Crippen molar-refractivity contribution in [2.45, 2.75) is 20.0 Å². The van der Waals surface area contributed by atoms with Crippen LogP contribution in [0.1, 0.15) is 25.5 Å². The molecular formula is C11H14O3. The molecule has 1 rings (SSSR count). The van der Waals surface area contributed by atoms with Gasteiger partial charge in [0.2, 0.25) is 0 Å². The minimum Gasteiger partial charge on any atom is -0.497 e. The lowest BCUT2D eigenvalue weighted by molar-refractivity contribution is -0.145.